The Kier molecular flexibility index (Phi) is 5.73. The number of rotatable bonds is 3. The first-order chi connectivity index (χ1) is 11.7. The molecule has 1 aromatic heterocycles. The monoisotopic (exact) mass is 367 g/mol. The van der Waals surface area contributed by atoms with Gasteiger partial charge in [0, 0.05) is 13.2 Å². The second kappa shape index (κ2) is 7.60. The van der Waals surface area contributed by atoms with Gasteiger partial charge in [-0.15, -0.1) is 0 Å². The molecular weight excluding hydrogens is 351 g/mol. The number of nitrogens with zero attached hydrogens (tertiary/aromatic N) is 1. The number of nitrogens with one attached hydrogen (secondary N) is 2. The number of alkyl halides is 3. The molecule has 25 heavy (non-hydrogen) atoms. The number of hydrogen-bond acceptors (Lipinski definition) is 3. The fourth-order valence-corrected chi connectivity index (χ4v) is 2.35. The fraction of sp³-hybridized carbons (Fsp3) is 0.235. The number of halogens is 3. The van der Waals surface area contributed by atoms with E-state index in [0.29, 0.717) is 5.56 Å². The third kappa shape index (κ3) is 4.76. The number of aromatic nitrogens is 1. The van der Waals surface area contributed by atoms with Gasteiger partial charge in [0.15, 0.2) is 5.11 Å². The van der Waals surface area contributed by atoms with Crippen LogP contribution in [-0.2, 0) is 11.0 Å². The average molecular weight is 367 g/mol. The Hall–Kier alpha value is -2.48. The highest BCUT2D eigenvalue weighted by Gasteiger charge is 2.33. The van der Waals surface area contributed by atoms with Gasteiger partial charge in [0.1, 0.15) is 5.92 Å². The molecule has 4 nitrogen and oxygen atoms in total. The van der Waals surface area contributed by atoms with Crippen LogP contribution < -0.4 is 10.6 Å². The first-order valence-electron chi connectivity index (χ1n) is 7.34. The summed E-state index contributed by atoms with van der Waals surface area (Å²) >= 11 is 4.91. The van der Waals surface area contributed by atoms with E-state index in [2.05, 4.69) is 15.6 Å². The largest absolute Gasteiger partial charge is 0.416 e. The van der Waals surface area contributed by atoms with E-state index in [1.807, 2.05) is 6.92 Å². The molecule has 1 heterocycles. The molecule has 0 radical (unpaired) electrons. The predicted octanol–water partition coefficient (Wildman–Crippen LogP) is 3.16. The van der Waals surface area contributed by atoms with E-state index < -0.39 is 23.6 Å². The molecule has 2 aromatic rings. The van der Waals surface area contributed by atoms with Gasteiger partial charge in [0.25, 0.3) is 0 Å². The molecular formula is C17H16F3N3OS. The van der Waals surface area contributed by atoms with E-state index in [9.17, 15) is 18.0 Å². The third-order valence-corrected chi connectivity index (χ3v) is 3.85. The molecule has 1 amide bonds. The highest BCUT2D eigenvalue weighted by Crippen LogP contribution is 2.32. The molecule has 0 aliphatic carbocycles. The summed E-state index contributed by atoms with van der Waals surface area (Å²) in [6.07, 6.45) is -3.48. The number of benzene rings is 1. The molecule has 1 aromatic carbocycles. The van der Waals surface area contributed by atoms with E-state index in [4.69, 9.17) is 12.2 Å². The Balaban J connectivity index is 2.49. The summed E-state index contributed by atoms with van der Waals surface area (Å²) in [5, 5.41) is 5.13. The Morgan fingerprint density at radius 3 is 2.40 bits per heavy atom. The minimum Gasteiger partial charge on any atom is -0.365 e. The van der Waals surface area contributed by atoms with Crippen molar-refractivity contribution in [3.63, 3.8) is 0 Å². The van der Waals surface area contributed by atoms with Crippen molar-refractivity contribution in [1.82, 2.24) is 15.6 Å². The SMILES string of the molecule is CNC(=S)NC(=O)C(c1ccc(C)cc1)c1cc(C(F)(F)F)ccn1. The van der Waals surface area contributed by atoms with E-state index in [0.717, 1.165) is 23.9 Å². The topological polar surface area (TPSA) is 54.0 Å². The molecule has 1 atom stereocenters. The zero-order valence-corrected chi connectivity index (χ0v) is 14.3. The number of hydrogen-bond donors (Lipinski definition) is 2. The van der Waals surface area contributed by atoms with E-state index >= 15 is 0 Å². The number of carbonyl (C=O) groups excluding carboxylic acids is 1. The van der Waals surface area contributed by atoms with Crippen molar-refractivity contribution in [3.05, 3.63) is 65.0 Å². The van der Waals surface area contributed by atoms with E-state index in [-0.39, 0.29) is 10.8 Å². The van der Waals surface area contributed by atoms with Gasteiger partial charge in [0.05, 0.1) is 11.3 Å². The summed E-state index contributed by atoms with van der Waals surface area (Å²) in [6.45, 7) is 1.87. The van der Waals surface area contributed by atoms with Crippen molar-refractivity contribution in [2.45, 2.75) is 19.0 Å². The second-order valence-corrected chi connectivity index (χ2v) is 5.79. The molecule has 0 aliphatic heterocycles. The maximum atomic E-state index is 13.0. The minimum atomic E-state index is -4.52. The number of aryl methyl sites for hydroxylation is 1. The summed E-state index contributed by atoms with van der Waals surface area (Å²) in [6, 6.07) is 8.67. The van der Waals surface area contributed by atoms with Gasteiger partial charge in [0.2, 0.25) is 5.91 Å². The summed E-state index contributed by atoms with van der Waals surface area (Å²) in [4.78, 5) is 16.6. The van der Waals surface area contributed by atoms with Gasteiger partial charge < -0.3 is 10.6 Å². The molecule has 0 saturated heterocycles. The van der Waals surface area contributed by atoms with Crippen molar-refractivity contribution < 1.29 is 18.0 Å². The number of pyridine rings is 1. The first kappa shape index (κ1) is 18.9. The Morgan fingerprint density at radius 2 is 1.84 bits per heavy atom. The molecule has 8 heteroatoms. The van der Waals surface area contributed by atoms with Crippen molar-refractivity contribution in [2.24, 2.45) is 0 Å². The van der Waals surface area contributed by atoms with Crippen LogP contribution in [0.4, 0.5) is 13.2 Å². The van der Waals surface area contributed by atoms with Crippen molar-refractivity contribution in [2.75, 3.05) is 7.05 Å². The number of carbonyl (C=O) groups is 1. The van der Waals surface area contributed by atoms with Crippen molar-refractivity contribution >= 4 is 23.2 Å². The van der Waals surface area contributed by atoms with Crippen LogP contribution >= 0.6 is 12.2 Å². The Bertz CT molecular complexity index is 775. The summed E-state index contributed by atoms with van der Waals surface area (Å²) in [5.41, 5.74) is 0.619. The minimum absolute atomic E-state index is 0.00455. The van der Waals surface area contributed by atoms with E-state index in [1.165, 1.54) is 7.05 Å². The Labute approximate surface area is 148 Å². The van der Waals surface area contributed by atoms with Crippen LogP contribution in [0.15, 0.2) is 42.6 Å². The molecule has 0 spiro atoms. The highest BCUT2D eigenvalue weighted by molar-refractivity contribution is 7.80. The molecule has 0 fully saturated rings. The second-order valence-electron chi connectivity index (χ2n) is 5.38. The summed E-state index contributed by atoms with van der Waals surface area (Å²) in [7, 11) is 1.53. The van der Waals surface area contributed by atoms with Gasteiger partial charge in [-0.25, -0.2) is 0 Å². The molecule has 2 N–H and O–H groups in total. The van der Waals surface area contributed by atoms with Crippen LogP contribution in [0, 0.1) is 6.92 Å². The van der Waals surface area contributed by atoms with Gasteiger partial charge in [-0.1, -0.05) is 29.8 Å². The summed E-state index contributed by atoms with van der Waals surface area (Å²) < 4.78 is 39.0. The average Bonchev–Trinajstić information content (AvgIpc) is 2.56. The lowest BCUT2D eigenvalue weighted by Gasteiger charge is -2.18. The van der Waals surface area contributed by atoms with Crippen molar-refractivity contribution in [3.8, 4) is 0 Å². The lowest BCUT2D eigenvalue weighted by atomic mass is 9.92. The van der Waals surface area contributed by atoms with Crippen LogP contribution in [0.3, 0.4) is 0 Å². The van der Waals surface area contributed by atoms with Gasteiger partial charge in [-0.2, -0.15) is 13.2 Å². The molecule has 2 rings (SSSR count). The lowest BCUT2D eigenvalue weighted by molar-refractivity contribution is -0.137. The smallest absolute Gasteiger partial charge is 0.365 e. The predicted molar refractivity (Wildman–Crippen MR) is 92.1 cm³/mol. The molecule has 0 bridgehead atoms. The maximum absolute atomic E-state index is 13.0. The number of amides is 1. The van der Waals surface area contributed by atoms with Crippen LogP contribution in [0.25, 0.3) is 0 Å². The van der Waals surface area contributed by atoms with Crippen LogP contribution in [-0.4, -0.2) is 23.1 Å². The molecule has 0 saturated carbocycles. The third-order valence-electron chi connectivity index (χ3n) is 3.54. The molecule has 1 unspecified atom stereocenters. The van der Waals surface area contributed by atoms with Crippen LogP contribution in [0.2, 0.25) is 0 Å². The summed E-state index contributed by atoms with van der Waals surface area (Å²) in [5.74, 6) is -1.58. The van der Waals surface area contributed by atoms with Crippen LogP contribution in [0.1, 0.15) is 28.3 Å². The van der Waals surface area contributed by atoms with Gasteiger partial charge in [-0.05, 0) is 36.8 Å². The quantitative estimate of drug-likeness (QED) is 0.819. The molecule has 132 valence electrons. The Morgan fingerprint density at radius 1 is 1.20 bits per heavy atom. The number of thiocarbonyl (C=S) groups is 1. The van der Waals surface area contributed by atoms with Crippen LogP contribution in [0.5, 0.6) is 0 Å². The zero-order valence-electron chi connectivity index (χ0n) is 13.5. The fourth-order valence-electron chi connectivity index (χ4n) is 2.24. The molecule has 0 aliphatic rings. The zero-order chi connectivity index (χ0) is 18.6. The first-order valence-corrected chi connectivity index (χ1v) is 7.75. The standard InChI is InChI=1S/C17H16F3N3OS/c1-10-3-5-11(6-4-10)14(15(24)23-16(25)21-2)13-9-12(7-8-22-13)17(18,19)20/h3-9,14H,1-2H3,(H2,21,23,24,25). The lowest BCUT2D eigenvalue weighted by Crippen LogP contribution is -2.40. The maximum Gasteiger partial charge on any atom is 0.416 e. The normalized spacial score (nSPS) is 12.4. The van der Waals surface area contributed by atoms with Gasteiger partial charge >= 0.3 is 6.18 Å². The van der Waals surface area contributed by atoms with Gasteiger partial charge in [-0.3, -0.25) is 9.78 Å². The highest BCUT2D eigenvalue weighted by atomic mass is 32.1. The van der Waals surface area contributed by atoms with Crippen molar-refractivity contribution in [1.29, 1.82) is 0 Å². The van der Waals surface area contributed by atoms with E-state index in [1.54, 1.807) is 24.3 Å².